The van der Waals surface area contributed by atoms with Gasteiger partial charge in [-0.2, -0.15) is 0 Å². The molecule has 2 heteroatoms. The van der Waals surface area contributed by atoms with Crippen LogP contribution < -0.4 is 0 Å². The molecule has 3 rings (SSSR count). The molecule has 0 aromatic heterocycles. The topological polar surface area (TPSA) is 12.4 Å². The predicted octanol–water partition coefficient (Wildman–Crippen LogP) is 4.69. The first kappa shape index (κ1) is 11.5. The summed E-state index contributed by atoms with van der Waals surface area (Å²) in [5.41, 5.74) is 3.55. The molecular weight excluding hydrogens is 238 g/mol. The van der Waals surface area contributed by atoms with Gasteiger partial charge in [0, 0.05) is 4.90 Å². The molecule has 0 amide bonds. The standard InChI is InChI=1S/C16H15NS/c1-2-14-16(12-8-4-3-5-9-12)17-13-10-6-7-11-15(13)18-14/h3-11,14H,2H2,1H3. The zero-order chi connectivity index (χ0) is 12.4. The Morgan fingerprint density at radius 2 is 1.72 bits per heavy atom. The Hall–Kier alpha value is -1.54. The molecule has 1 heterocycles. The highest BCUT2D eigenvalue weighted by molar-refractivity contribution is 8.01. The quantitative estimate of drug-likeness (QED) is 0.756. The number of hydrogen-bond donors (Lipinski definition) is 0. The molecule has 0 spiro atoms. The first-order chi connectivity index (χ1) is 8.88. The lowest BCUT2D eigenvalue weighted by molar-refractivity contribution is 0.999. The Balaban J connectivity index is 2.09. The van der Waals surface area contributed by atoms with Crippen LogP contribution in [-0.2, 0) is 0 Å². The number of aliphatic imine (C=N–C) groups is 1. The number of nitrogens with zero attached hydrogens (tertiary/aromatic N) is 1. The van der Waals surface area contributed by atoms with Crippen LogP contribution in [0.5, 0.6) is 0 Å². The maximum absolute atomic E-state index is 4.86. The van der Waals surface area contributed by atoms with Crippen molar-refractivity contribution in [2.45, 2.75) is 23.5 Å². The third kappa shape index (κ3) is 2.08. The highest BCUT2D eigenvalue weighted by Gasteiger charge is 2.23. The van der Waals surface area contributed by atoms with Crippen molar-refractivity contribution in [1.29, 1.82) is 0 Å². The smallest absolute Gasteiger partial charge is 0.0769 e. The normalized spacial score (nSPS) is 18.1. The van der Waals surface area contributed by atoms with E-state index in [0.29, 0.717) is 5.25 Å². The first-order valence-corrected chi connectivity index (χ1v) is 7.16. The van der Waals surface area contributed by atoms with Gasteiger partial charge >= 0.3 is 0 Å². The molecule has 0 bridgehead atoms. The van der Waals surface area contributed by atoms with Crippen molar-refractivity contribution < 1.29 is 0 Å². The zero-order valence-electron chi connectivity index (χ0n) is 10.3. The van der Waals surface area contributed by atoms with Crippen LogP contribution in [0.3, 0.4) is 0 Å². The summed E-state index contributed by atoms with van der Waals surface area (Å²) in [4.78, 5) is 6.16. The van der Waals surface area contributed by atoms with Crippen molar-refractivity contribution in [2.75, 3.05) is 0 Å². The molecular formula is C16H15NS. The molecule has 0 fully saturated rings. The van der Waals surface area contributed by atoms with Gasteiger partial charge in [0.15, 0.2) is 0 Å². The summed E-state index contributed by atoms with van der Waals surface area (Å²) in [5, 5.41) is 0.460. The van der Waals surface area contributed by atoms with E-state index in [9.17, 15) is 0 Å². The summed E-state index contributed by atoms with van der Waals surface area (Å²) in [5.74, 6) is 0. The lowest BCUT2D eigenvalue weighted by Gasteiger charge is -2.23. The number of thioether (sulfide) groups is 1. The minimum absolute atomic E-state index is 0.460. The molecule has 1 unspecified atom stereocenters. The summed E-state index contributed by atoms with van der Waals surface area (Å²) in [6.07, 6.45) is 1.10. The van der Waals surface area contributed by atoms with E-state index in [0.717, 1.165) is 12.1 Å². The van der Waals surface area contributed by atoms with Crippen LogP contribution in [0.1, 0.15) is 18.9 Å². The molecule has 1 atom stereocenters. The maximum Gasteiger partial charge on any atom is 0.0769 e. The van der Waals surface area contributed by atoms with Gasteiger partial charge in [0.05, 0.1) is 16.6 Å². The van der Waals surface area contributed by atoms with Gasteiger partial charge in [-0.15, -0.1) is 11.8 Å². The summed E-state index contributed by atoms with van der Waals surface area (Å²) in [7, 11) is 0. The van der Waals surface area contributed by atoms with Gasteiger partial charge in [-0.25, -0.2) is 0 Å². The van der Waals surface area contributed by atoms with Gasteiger partial charge in [-0.05, 0) is 24.1 Å². The summed E-state index contributed by atoms with van der Waals surface area (Å²) in [6.45, 7) is 2.23. The van der Waals surface area contributed by atoms with Crippen molar-refractivity contribution in [2.24, 2.45) is 4.99 Å². The van der Waals surface area contributed by atoms with Crippen molar-refractivity contribution in [3.63, 3.8) is 0 Å². The fourth-order valence-electron chi connectivity index (χ4n) is 2.20. The predicted molar refractivity (Wildman–Crippen MR) is 79.0 cm³/mol. The molecule has 0 saturated heterocycles. The van der Waals surface area contributed by atoms with Crippen LogP contribution in [0.15, 0.2) is 64.5 Å². The highest BCUT2D eigenvalue weighted by Crippen LogP contribution is 2.40. The van der Waals surface area contributed by atoms with Gasteiger partial charge in [-0.3, -0.25) is 4.99 Å². The molecule has 1 aliphatic heterocycles. The van der Waals surface area contributed by atoms with Crippen LogP contribution >= 0.6 is 11.8 Å². The molecule has 1 aliphatic rings. The van der Waals surface area contributed by atoms with Gasteiger partial charge in [0.1, 0.15) is 0 Å². The van der Waals surface area contributed by atoms with Crippen LogP contribution in [0.25, 0.3) is 0 Å². The second-order valence-corrected chi connectivity index (χ2v) is 5.59. The molecule has 90 valence electrons. The Labute approximate surface area is 112 Å². The second kappa shape index (κ2) is 4.99. The SMILES string of the molecule is CCC1Sc2ccccc2N=C1c1ccccc1. The minimum atomic E-state index is 0.460. The minimum Gasteiger partial charge on any atom is -0.250 e. The van der Waals surface area contributed by atoms with Crippen LogP contribution in [0.2, 0.25) is 0 Å². The van der Waals surface area contributed by atoms with E-state index >= 15 is 0 Å². The van der Waals surface area contributed by atoms with E-state index in [1.165, 1.54) is 16.2 Å². The number of fused-ring (bicyclic) bond motifs is 1. The average Bonchev–Trinajstić information content (AvgIpc) is 2.46. The number of para-hydroxylation sites is 1. The Kier molecular flexibility index (Phi) is 3.20. The second-order valence-electron chi connectivity index (χ2n) is 4.35. The fraction of sp³-hybridized carbons (Fsp3) is 0.188. The Morgan fingerprint density at radius 3 is 2.50 bits per heavy atom. The van der Waals surface area contributed by atoms with Gasteiger partial charge in [0.25, 0.3) is 0 Å². The van der Waals surface area contributed by atoms with Crippen LogP contribution in [0, 0.1) is 0 Å². The monoisotopic (exact) mass is 253 g/mol. The molecule has 0 radical (unpaired) electrons. The van der Waals surface area contributed by atoms with E-state index in [1.54, 1.807) is 0 Å². The summed E-state index contributed by atoms with van der Waals surface area (Å²) < 4.78 is 0. The van der Waals surface area contributed by atoms with Gasteiger partial charge < -0.3 is 0 Å². The van der Waals surface area contributed by atoms with Crippen LogP contribution in [0.4, 0.5) is 5.69 Å². The number of hydrogen-bond acceptors (Lipinski definition) is 2. The van der Waals surface area contributed by atoms with Gasteiger partial charge in [-0.1, -0.05) is 49.4 Å². The lowest BCUT2D eigenvalue weighted by Crippen LogP contribution is -2.19. The van der Waals surface area contributed by atoms with Crippen molar-refractivity contribution in [3.05, 3.63) is 60.2 Å². The summed E-state index contributed by atoms with van der Waals surface area (Å²) >= 11 is 1.93. The largest absolute Gasteiger partial charge is 0.250 e. The molecule has 2 aromatic rings. The van der Waals surface area contributed by atoms with Crippen molar-refractivity contribution >= 4 is 23.2 Å². The summed E-state index contributed by atoms with van der Waals surface area (Å²) in [6, 6.07) is 18.9. The van der Waals surface area contributed by atoms with E-state index in [4.69, 9.17) is 4.99 Å². The van der Waals surface area contributed by atoms with Gasteiger partial charge in [0.2, 0.25) is 0 Å². The molecule has 2 aromatic carbocycles. The molecule has 18 heavy (non-hydrogen) atoms. The van der Waals surface area contributed by atoms with E-state index in [2.05, 4.69) is 61.5 Å². The Bertz CT molecular complexity index is 575. The van der Waals surface area contributed by atoms with E-state index in [-0.39, 0.29) is 0 Å². The molecule has 1 nitrogen and oxygen atoms in total. The molecule has 0 aliphatic carbocycles. The maximum atomic E-state index is 4.86. The average molecular weight is 253 g/mol. The van der Waals surface area contributed by atoms with Crippen LogP contribution in [-0.4, -0.2) is 11.0 Å². The first-order valence-electron chi connectivity index (χ1n) is 6.28. The zero-order valence-corrected chi connectivity index (χ0v) is 11.2. The fourth-order valence-corrected chi connectivity index (χ4v) is 3.36. The lowest BCUT2D eigenvalue weighted by atomic mass is 10.1. The van der Waals surface area contributed by atoms with E-state index in [1.807, 2.05) is 11.8 Å². The third-order valence-electron chi connectivity index (χ3n) is 3.12. The molecule has 0 N–H and O–H groups in total. The Morgan fingerprint density at radius 1 is 1.00 bits per heavy atom. The van der Waals surface area contributed by atoms with Crippen molar-refractivity contribution in [1.82, 2.24) is 0 Å². The highest BCUT2D eigenvalue weighted by atomic mass is 32.2. The number of benzene rings is 2. The number of rotatable bonds is 2. The molecule has 0 saturated carbocycles. The third-order valence-corrected chi connectivity index (χ3v) is 4.56. The van der Waals surface area contributed by atoms with E-state index < -0.39 is 0 Å². The van der Waals surface area contributed by atoms with Crippen molar-refractivity contribution in [3.8, 4) is 0 Å².